The molecule has 0 aliphatic heterocycles. The molecule has 2 aromatic heterocycles. The largest absolute Gasteiger partial charge is 0.280 e. The summed E-state index contributed by atoms with van der Waals surface area (Å²) in [6.45, 7) is 2.03. The molecule has 2 aromatic rings. The first kappa shape index (κ1) is 8.59. The minimum atomic E-state index is 0.844. The monoisotopic (exact) mass is 208 g/mol. The van der Waals surface area contributed by atoms with Gasteiger partial charge in [0.05, 0.1) is 0 Å². The van der Waals surface area contributed by atoms with Crippen LogP contribution in [0.2, 0.25) is 0 Å². The average Bonchev–Trinajstić information content (AvgIpc) is 2.48. The van der Waals surface area contributed by atoms with Crippen LogP contribution in [0.5, 0.6) is 0 Å². The lowest BCUT2D eigenvalue weighted by Crippen LogP contribution is -1.97. The lowest BCUT2D eigenvalue weighted by Gasteiger charge is -2.02. The van der Waals surface area contributed by atoms with Crippen molar-refractivity contribution in [3.63, 3.8) is 0 Å². The van der Waals surface area contributed by atoms with Crippen molar-refractivity contribution in [2.45, 2.75) is 6.92 Å². The molecule has 0 fully saturated rings. The number of pyridine rings is 1. The van der Waals surface area contributed by atoms with E-state index in [2.05, 4.69) is 4.98 Å². The van der Waals surface area contributed by atoms with Crippen LogP contribution < -0.4 is 0 Å². The SMILES string of the molecule is Cc1csc(=S)n1-c1ccccn1. The highest BCUT2D eigenvalue weighted by Crippen LogP contribution is 2.14. The molecule has 0 spiro atoms. The van der Waals surface area contributed by atoms with Crippen LogP contribution in [-0.2, 0) is 0 Å². The van der Waals surface area contributed by atoms with Gasteiger partial charge in [-0.25, -0.2) is 4.98 Å². The molecule has 0 radical (unpaired) electrons. The summed E-state index contributed by atoms with van der Waals surface area (Å²) in [5, 5.41) is 2.04. The lowest BCUT2D eigenvalue weighted by atomic mass is 10.4. The fourth-order valence-corrected chi connectivity index (χ4v) is 2.25. The Hall–Kier alpha value is -1.00. The maximum atomic E-state index is 5.20. The van der Waals surface area contributed by atoms with E-state index in [1.54, 1.807) is 17.5 Å². The van der Waals surface area contributed by atoms with Crippen molar-refractivity contribution < 1.29 is 0 Å². The van der Waals surface area contributed by atoms with E-state index in [0.717, 1.165) is 15.5 Å². The Labute approximate surface area is 85.5 Å². The molecule has 2 nitrogen and oxygen atoms in total. The van der Waals surface area contributed by atoms with Crippen molar-refractivity contribution in [2.75, 3.05) is 0 Å². The van der Waals surface area contributed by atoms with Crippen molar-refractivity contribution in [3.8, 4) is 5.82 Å². The third kappa shape index (κ3) is 1.55. The Bertz CT molecular complexity index is 456. The van der Waals surface area contributed by atoms with E-state index in [0.29, 0.717) is 0 Å². The number of rotatable bonds is 1. The molecule has 0 aliphatic carbocycles. The molecule has 66 valence electrons. The van der Waals surface area contributed by atoms with E-state index in [4.69, 9.17) is 12.2 Å². The second kappa shape index (κ2) is 3.40. The Morgan fingerprint density at radius 1 is 1.46 bits per heavy atom. The van der Waals surface area contributed by atoms with Crippen LogP contribution in [0.3, 0.4) is 0 Å². The van der Waals surface area contributed by atoms with E-state index in [1.165, 1.54) is 0 Å². The maximum absolute atomic E-state index is 5.20. The molecule has 0 saturated carbocycles. The summed E-state index contributed by atoms with van der Waals surface area (Å²) in [7, 11) is 0. The third-order valence-electron chi connectivity index (χ3n) is 1.74. The van der Waals surface area contributed by atoms with Crippen molar-refractivity contribution >= 4 is 23.6 Å². The van der Waals surface area contributed by atoms with E-state index < -0.39 is 0 Å². The second-order valence-corrected chi connectivity index (χ2v) is 4.17. The fourth-order valence-electron chi connectivity index (χ4n) is 1.15. The first-order chi connectivity index (χ1) is 6.29. The molecular formula is C9H8N2S2. The maximum Gasteiger partial charge on any atom is 0.167 e. The molecule has 0 bridgehead atoms. The summed E-state index contributed by atoms with van der Waals surface area (Å²) in [5.74, 6) is 0.895. The number of aromatic nitrogens is 2. The van der Waals surface area contributed by atoms with Gasteiger partial charge in [0, 0.05) is 17.3 Å². The standard InChI is InChI=1S/C9H8N2S2/c1-7-6-13-9(12)11(7)8-4-2-3-5-10-8/h2-6H,1H3. The van der Waals surface area contributed by atoms with E-state index >= 15 is 0 Å². The number of thiazole rings is 1. The van der Waals surface area contributed by atoms with Crippen molar-refractivity contribution in [2.24, 2.45) is 0 Å². The lowest BCUT2D eigenvalue weighted by molar-refractivity contribution is 0.954. The zero-order valence-electron chi connectivity index (χ0n) is 7.10. The molecule has 0 aromatic carbocycles. The zero-order chi connectivity index (χ0) is 9.26. The van der Waals surface area contributed by atoms with Crippen molar-refractivity contribution in [3.05, 3.63) is 39.4 Å². The average molecular weight is 208 g/mol. The van der Waals surface area contributed by atoms with Crippen LogP contribution in [0.15, 0.2) is 29.8 Å². The molecule has 0 atom stereocenters. The third-order valence-corrected chi connectivity index (χ3v) is 3.06. The van der Waals surface area contributed by atoms with Crippen LogP contribution in [0.4, 0.5) is 0 Å². The van der Waals surface area contributed by atoms with Gasteiger partial charge in [-0.05, 0) is 31.3 Å². The minimum Gasteiger partial charge on any atom is -0.280 e. The minimum absolute atomic E-state index is 0.844. The van der Waals surface area contributed by atoms with E-state index in [1.807, 2.05) is 35.1 Å². The van der Waals surface area contributed by atoms with Gasteiger partial charge in [0.15, 0.2) is 3.95 Å². The molecule has 0 amide bonds. The van der Waals surface area contributed by atoms with Crippen LogP contribution in [0.1, 0.15) is 5.69 Å². The van der Waals surface area contributed by atoms with Gasteiger partial charge in [0.2, 0.25) is 0 Å². The van der Waals surface area contributed by atoms with Gasteiger partial charge in [0.1, 0.15) is 5.82 Å². The first-order valence-electron chi connectivity index (χ1n) is 3.87. The van der Waals surface area contributed by atoms with Crippen LogP contribution in [0, 0.1) is 10.9 Å². The fraction of sp³-hybridized carbons (Fsp3) is 0.111. The molecular weight excluding hydrogens is 200 g/mol. The summed E-state index contributed by atoms with van der Waals surface area (Å²) >= 11 is 6.76. The first-order valence-corrected chi connectivity index (χ1v) is 5.16. The van der Waals surface area contributed by atoms with Crippen LogP contribution in [-0.4, -0.2) is 9.55 Å². The van der Waals surface area contributed by atoms with Crippen LogP contribution >= 0.6 is 23.6 Å². The topological polar surface area (TPSA) is 17.8 Å². The molecule has 0 aliphatic rings. The van der Waals surface area contributed by atoms with Gasteiger partial charge in [-0.3, -0.25) is 4.57 Å². The van der Waals surface area contributed by atoms with Gasteiger partial charge in [0.25, 0.3) is 0 Å². The molecule has 4 heteroatoms. The quantitative estimate of drug-likeness (QED) is 0.670. The highest BCUT2D eigenvalue weighted by Gasteiger charge is 2.01. The van der Waals surface area contributed by atoms with Crippen LogP contribution in [0.25, 0.3) is 5.82 Å². The molecule has 13 heavy (non-hydrogen) atoms. The number of aryl methyl sites for hydroxylation is 1. The molecule has 2 rings (SSSR count). The summed E-state index contributed by atoms with van der Waals surface area (Å²) in [5.41, 5.74) is 1.13. The highest BCUT2D eigenvalue weighted by atomic mass is 32.1. The predicted molar refractivity (Wildman–Crippen MR) is 57.0 cm³/mol. The van der Waals surface area contributed by atoms with Gasteiger partial charge >= 0.3 is 0 Å². The Morgan fingerprint density at radius 3 is 2.85 bits per heavy atom. The number of hydrogen-bond donors (Lipinski definition) is 0. The van der Waals surface area contributed by atoms with Gasteiger partial charge in [-0.2, -0.15) is 0 Å². The van der Waals surface area contributed by atoms with Gasteiger partial charge in [-0.15, -0.1) is 11.3 Å². The molecule has 0 N–H and O–H groups in total. The number of hydrogen-bond acceptors (Lipinski definition) is 3. The van der Waals surface area contributed by atoms with Crippen molar-refractivity contribution in [1.29, 1.82) is 0 Å². The Kier molecular flexibility index (Phi) is 2.24. The highest BCUT2D eigenvalue weighted by molar-refractivity contribution is 7.73. The molecule has 2 heterocycles. The van der Waals surface area contributed by atoms with E-state index in [9.17, 15) is 0 Å². The summed E-state index contributed by atoms with van der Waals surface area (Å²) in [6, 6.07) is 5.81. The normalized spacial score (nSPS) is 10.2. The summed E-state index contributed by atoms with van der Waals surface area (Å²) < 4.78 is 2.82. The Balaban J connectivity index is 2.65. The smallest absolute Gasteiger partial charge is 0.167 e. The Morgan fingerprint density at radius 2 is 2.31 bits per heavy atom. The summed E-state index contributed by atoms with van der Waals surface area (Å²) in [6.07, 6.45) is 1.77. The number of nitrogens with zero attached hydrogens (tertiary/aromatic N) is 2. The van der Waals surface area contributed by atoms with Gasteiger partial charge < -0.3 is 0 Å². The molecule has 0 saturated heterocycles. The summed E-state index contributed by atoms with van der Waals surface area (Å²) in [4.78, 5) is 4.25. The predicted octanol–water partition coefficient (Wildman–Crippen LogP) is 2.97. The molecule has 0 unspecified atom stereocenters. The second-order valence-electron chi connectivity index (χ2n) is 2.67. The zero-order valence-corrected chi connectivity index (χ0v) is 8.73. The van der Waals surface area contributed by atoms with Crippen molar-refractivity contribution in [1.82, 2.24) is 9.55 Å². The van der Waals surface area contributed by atoms with Gasteiger partial charge in [-0.1, -0.05) is 6.07 Å². The van der Waals surface area contributed by atoms with E-state index in [-0.39, 0.29) is 0 Å².